The van der Waals surface area contributed by atoms with Gasteiger partial charge in [0.1, 0.15) is 5.75 Å². The average Bonchev–Trinajstić information content (AvgIpc) is 2.34. The van der Waals surface area contributed by atoms with Crippen molar-refractivity contribution in [3.63, 3.8) is 0 Å². The van der Waals surface area contributed by atoms with E-state index in [4.69, 9.17) is 26.8 Å². The molecule has 0 radical (unpaired) electrons. The Hall–Kier alpha value is -0.770. The van der Waals surface area contributed by atoms with Gasteiger partial charge in [-0.3, -0.25) is 0 Å². The molecule has 0 aliphatic rings. The van der Waals surface area contributed by atoms with Crippen molar-refractivity contribution in [2.24, 2.45) is 11.7 Å². The van der Waals surface area contributed by atoms with E-state index in [-0.39, 0.29) is 6.04 Å². The average molecular weight is 258 g/mol. The molecule has 0 bridgehead atoms. The van der Waals surface area contributed by atoms with Gasteiger partial charge in [0, 0.05) is 30.3 Å². The number of ether oxygens (including phenoxy) is 2. The van der Waals surface area contributed by atoms with Crippen LogP contribution in [0.1, 0.15) is 24.9 Å². The summed E-state index contributed by atoms with van der Waals surface area (Å²) in [6, 6.07) is 5.42. The Balaban J connectivity index is 2.86. The van der Waals surface area contributed by atoms with Crippen LogP contribution >= 0.6 is 11.6 Å². The molecule has 96 valence electrons. The molecule has 0 amide bonds. The van der Waals surface area contributed by atoms with Crippen molar-refractivity contribution in [1.29, 1.82) is 0 Å². The van der Waals surface area contributed by atoms with Gasteiger partial charge in [0.15, 0.2) is 0 Å². The van der Waals surface area contributed by atoms with Gasteiger partial charge >= 0.3 is 0 Å². The van der Waals surface area contributed by atoms with Crippen LogP contribution in [0.2, 0.25) is 5.02 Å². The van der Waals surface area contributed by atoms with Gasteiger partial charge in [0.2, 0.25) is 0 Å². The molecule has 3 nitrogen and oxygen atoms in total. The molecule has 17 heavy (non-hydrogen) atoms. The highest BCUT2D eigenvalue weighted by Crippen LogP contribution is 2.31. The monoisotopic (exact) mass is 257 g/mol. The van der Waals surface area contributed by atoms with E-state index in [2.05, 4.69) is 6.92 Å². The second kappa shape index (κ2) is 6.84. The van der Waals surface area contributed by atoms with Crippen molar-refractivity contribution in [3.05, 3.63) is 28.8 Å². The summed E-state index contributed by atoms with van der Waals surface area (Å²) in [5, 5.41) is 0.676. The first-order chi connectivity index (χ1) is 8.10. The summed E-state index contributed by atoms with van der Waals surface area (Å²) in [4.78, 5) is 0. The van der Waals surface area contributed by atoms with E-state index in [1.165, 1.54) is 0 Å². The lowest BCUT2D eigenvalue weighted by molar-refractivity contribution is 0.174. The summed E-state index contributed by atoms with van der Waals surface area (Å²) >= 11 is 5.99. The van der Waals surface area contributed by atoms with E-state index in [1.807, 2.05) is 12.1 Å². The zero-order valence-electron chi connectivity index (χ0n) is 10.6. The molecule has 2 unspecified atom stereocenters. The molecular formula is C13H20ClNO2. The molecule has 0 saturated carbocycles. The van der Waals surface area contributed by atoms with Crippen molar-refractivity contribution >= 4 is 11.6 Å². The first-order valence-electron chi connectivity index (χ1n) is 5.68. The Morgan fingerprint density at radius 1 is 1.35 bits per heavy atom. The predicted molar refractivity (Wildman–Crippen MR) is 70.6 cm³/mol. The molecule has 0 aliphatic carbocycles. The van der Waals surface area contributed by atoms with Crippen molar-refractivity contribution in [3.8, 4) is 5.75 Å². The molecule has 0 fully saturated rings. The molecule has 1 aromatic rings. The van der Waals surface area contributed by atoms with E-state index >= 15 is 0 Å². The lowest BCUT2D eigenvalue weighted by atomic mass is 9.92. The van der Waals surface area contributed by atoms with E-state index in [0.717, 1.165) is 17.7 Å². The highest BCUT2D eigenvalue weighted by molar-refractivity contribution is 6.30. The van der Waals surface area contributed by atoms with Gasteiger partial charge < -0.3 is 15.2 Å². The molecule has 2 N–H and O–H groups in total. The molecule has 0 saturated heterocycles. The van der Waals surface area contributed by atoms with Crippen molar-refractivity contribution in [2.45, 2.75) is 19.4 Å². The molecular weight excluding hydrogens is 238 g/mol. The quantitative estimate of drug-likeness (QED) is 0.852. The fourth-order valence-electron chi connectivity index (χ4n) is 1.76. The van der Waals surface area contributed by atoms with E-state index in [1.54, 1.807) is 20.3 Å². The molecule has 2 atom stereocenters. The van der Waals surface area contributed by atoms with Crippen LogP contribution in [-0.2, 0) is 4.74 Å². The maximum atomic E-state index is 6.23. The molecule has 0 heterocycles. The van der Waals surface area contributed by atoms with Crippen molar-refractivity contribution < 1.29 is 9.47 Å². The fraction of sp³-hybridized carbons (Fsp3) is 0.538. The van der Waals surface area contributed by atoms with Gasteiger partial charge in [-0.1, -0.05) is 18.5 Å². The number of hydrogen-bond donors (Lipinski definition) is 1. The van der Waals surface area contributed by atoms with Crippen LogP contribution in [0.5, 0.6) is 5.75 Å². The van der Waals surface area contributed by atoms with Gasteiger partial charge in [-0.15, -0.1) is 0 Å². The summed E-state index contributed by atoms with van der Waals surface area (Å²) in [6.07, 6.45) is 0.910. The Kier molecular flexibility index (Phi) is 5.75. The third kappa shape index (κ3) is 3.87. The van der Waals surface area contributed by atoms with E-state index in [0.29, 0.717) is 17.5 Å². The molecule has 1 aromatic carbocycles. The standard InChI is InChI=1S/C13H20ClNO2/c1-9(6-7-16-2)13(15)11-8-10(14)4-5-12(11)17-3/h4-5,8-9,13H,6-7,15H2,1-3H3. The number of halogens is 1. The largest absolute Gasteiger partial charge is 0.496 e. The van der Waals surface area contributed by atoms with Crippen LogP contribution in [0.25, 0.3) is 0 Å². The van der Waals surface area contributed by atoms with Crippen LogP contribution in [-0.4, -0.2) is 20.8 Å². The molecule has 0 aliphatic heterocycles. The summed E-state index contributed by atoms with van der Waals surface area (Å²) < 4.78 is 10.4. The van der Waals surface area contributed by atoms with Gasteiger partial charge in [-0.2, -0.15) is 0 Å². The molecule has 0 aromatic heterocycles. The van der Waals surface area contributed by atoms with E-state index in [9.17, 15) is 0 Å². The number of benzene rings is 1. The van der Waals surface area contributed by atoms with Crippen LogP contribution in [0.15, 0.2) is 18.2 Å². The zero-order valence-corrected chi connectivity index (χ0v) is 11.3. The summed E-state index contributed by atoms with van der Waals surface area (Å²) in [6.45, 7) is 2.81. The highest BCUT2D eigenvalue weighted by Gasteiger charge is 2.18. The van der Waals surface area contributed by atoms with Crippen molar-refractivity contribution in [1.82, 2.24) is 0 Å². The fourth-order valence-corrected chi connectivity index (χ4v) is 1.94. The number of nitrogens with two attached hydrogens (primary N) is 1. The lowest BCUT2D eigenvalue weighted by Crippen LogP contribution is -2.21. The Labute approximate surface area is 108 Å². The van der Waals surface area contributed by atoms with Gasteiger partial charge in [0.25, 0.3) is 0 Å². The van der Waals surface area contributed by atoms with Crippen LogP contribution in [0.4, 0.5) is 0 Å². The summed E-state index contributed by atoms with van der Waals surface area (Å²) in [5.74, 6) is 1.09. The number of methoxy groups -OCH3 is 2. The minimum Gasteiger partial charge on any atom is -0.496 e. The minimum absolute atomic E-state index is 0.0983. The Bertz CT molecular complexity index is 357. The first kappa shape index (κ1) is 14.3. The van der Waals surface area contributed by atoms with Gasteiger partial charge in [-0.05, 0) is 30.5 Å². The molecule has 0 spiro atoms. The lowest BCUT2D eigenvalue weighted by Gasteiger charge is -2.22. The third-order valence-electron chi connectivity index (χ3n) is 2.94. The van der Waals surface area contributed by atoms with Crippen LogP contribution in [0.3, 0.4) is 0 Å². The Morgan fingerprint density at radius 2 is 2.06 bits per heavy atom. The smallest absolute Gasteiger partial charge is 0.123 e. The minimum atomic E-state index is -0.0983. The Morgan fingerprint density at radius 3 is 2.65 bits per heavy atom. The van der Waals surface area contributed by atoms with Crippen LogP contribution < -0.4 is 10.5 Å². The van der Waals surface area contributed by atoms with Gasteiger partial charge in [0.05, 0.1) is 7.11 Å². The van der Waals surface area contributed by atoms with Gasteiger partial charge in [-0.25, -0.2) is 0 Å². The first-order valence-corrected chi connectivity index (χ1v) is 6.06. The maximum absolute atomic E-state index is 6.23. The second-order valence-electron chi connectivity index (χ2n) is 4.17. The third-order valence-corrected chi connectivity index (χ3v) is 3.18. The summed E-state index contributed by atoms with van der Waals surface area (Å²) in [7, 11) is 3.33. The number of rotatable bonds is 6. The summed E-state index contributed by atoms with van der Waals surface area (Å²) in [5.41, 5.74) is 7.18. The topological polar surface area (TPSA) is 44.5 Å². The SMILES string of the molecule is COCCC(C)C(N)c1cc(Cl)ccc1OC. The predicted octanol–water partition coefficient (Wildman–Crippen LogP) is 3.02. The normalized spacial score (nSPS) is 14.4. The van der Waals surface area contributed by atoms with E-state index < -0.39 is 0 Å². The molecule has 4 heteroatoms. The zero-order chi connectivity index (χ0) is 12.8. The molecule has 1 rings (SSSR count). The maximum Gasteiger partial charge on any atom is 0.123 e. The highest BCUT2D eigenvalue weighted by atomic mass is 35.5. The number of hydrogen-bond acceptors (Lipinski definition) is 3. The van der Waals surface area contributed by atoms with Crippen LogP contribution in [0, 0.1) is 5.92 Å². The second-order valence-corrected chi connectivity index (χ2v) is 4.61. The van der Waals surface area contributed by atoms with Crippen molar-refractivity contribution in [2.75, 3.05) is 20.8 Å².